The molecule has 192 valence electrons. The predicted octanol–water partition coefficient (Wildman–Crippen LogP) is 4.73. The summed E-state index contributed by atoms with van der Waals surface area (Å²) in [6, 6.07) is 19.2. The highest BCUT2D eigenvalue weighted by molar-refractivity contribution is 7.92. The molecule has 0 saturated carbocycles. The van der Waals surface area contributed by atoms with Crippen LogP contribution < -0.4 is 24.8 Å². The second kappa shape index (κ2) is 10.6. The summed E-state index contributed by atoms with van der Waals surface area (Å²) in [5.41, 5.74) is 3.08. The standard InChI is InChI=1S/C26H23N7O4S/c1-36-23-14-21-22(15-24(23)37-2)29-16-30-25(21)32-19-6-4-17(5-7-19)31-18-8-10-20(11-9-18)38(34,35)33-26-27-12-3-13-28-26/h3-16,31H,1-2H3,(H,27,28,33)(H,29,30,32). The van der Waals surface area contributed by atoms with Crippen LogP contribution in [0.4, 0.5) is 28.8 Å². The van der Waals surface area contributed by atoms with E-state index in [0.29, 0.717) is 17.3 Å². The van der Waals surface area contributed by atoms with Gasteiger partial charge in [-0.25, -0.2) is 33.1 Å². The van der Waals surface area contributed by atoms with Gasteiger partial charge in [-0.05, 0) is 60.7 Å². The van der Waals surface area contributed by atoms with E-state index in [1.807, 2.05) is 30.3 Å². The number of rotatable bonds is 9. The van der Waals surface area contributed by atoms with Crippen molar-refractivity contribution in [1.82, 2.24) is 19.9 Å². The molecule has 12 heteroatoms. The molecule has 2 aromatic heterocycles. The molecule has 5 aromatic rings. The van der Waals surface area contributed by atoms with E-state index in [9.17, 15) is 8.42 Å². The Hall–Kier alpha value is -4.97. The maximum absolute atomic E-state index is 12.6. The second-order valence-corrected chi connectivity index (χ2v) is 9.66. The zero-order valence-electron chi connectivity index (χ0n) is 20.4. The van der Waals surface area contributed by atoms with Gasteiger partial charge in [0.25, 0.3) is 10.0 Å². The molecule has 0 aliphatic rings. The quantitative estimate of drug-likeness (QED) is 0.245. The zero-order valence-corrected chi connectivity index (χ0v) is 21.2. The third-order valence-electron chi connectivity index (χ3n) is 5.53. The summed E-state index contributed by atoms with van der Waals surface area (Å²) >= 11 is 0. The van der Waals surface area contributed by atoms with Crippen LogP contribution in [0.15, 0.2) is 90.3 Å². The van der Waals surface area contributed by atoms with Gasteiger partial charge in [0.2, 0.25) is 5.95 Å². The third-order valence-corrected chi connectivity index (χ3v) is 6.88. The van der Waals surface area contributed by atoms with Gasteiger partial charge in [0.05, 0.1) is 24.6 Å². The Morgan fingerprint density at radius 3 is 1.92 bits per heavy atom. The van der Waals surface area contributed by atoms with E-state index in [1.165, 1.54) is 30.9 Å². The van der Waals surface area contributed by atoms with Gasteiger partial charge in [0, 0.05) is 40.9 Å². The highest BCUT2D eigenvalue weighted by atomic mass is 32.2. The zero-order chi connectivity index (χ0) is 26.5. The fraction of sp³-hybridized carbons (Fsp3) is 0.0769. The SMILES string of the molecule is COc1cc2ncnc(Nc3ccc(Nc4ccc(S(=O)(=O)Nc5ncccn5)cc4)cc3)c2cc1OC. The lowest BCUT2D eigenvalue weighted by Gasteiger charge is -2.13. The smallest absolute Gasteiger partial charge is 0.264 e. The predicted molar refractivity (Wildman–Crippen MR) is 145 cm³/mol. The van der Waals surface area contributed by atoms with Crippen molar-refractivity contribution in [3.63, 3.8) is 0 Å². The molecule has 11 nitrogen and oxygen atoms in total. The summed E-state index contributed by atoms with van der Waals surface area (Å²) in [5, 5.41) is 7.36. The summed E-state index contributed by atoms with van der Waals surface area (Å²) in [7, 11) is -0.642. The van der Waals surface area contributed by atoms with E-state index < -0.39 is 10.0 Å². The Balaban J connectivity index is 1.28. The Kier molecular flexibility index (Phi) is 6.87. The molecule has 0 saturated heterocycles. The number of nitrogens with zero attached hydrogens (tertiary/aromatic N) is 4. The van der Waals surface area contributed by atoms with Crippen LogP contribution in [0.2, 0.25) is 0 Å². The van der Waals surface area contributed by atoms with Crippen molar-refractivity contribution in [2.45, 2.75) is 4.90 Å². The maximum Gasteiger partial charge on any atom is 0.264 e. The van der Waals surface area contributed by atoms with Crippen LogP contribution in [0.3, 0.4) is 0 Å². The molecular formula is C26H23N7O4S. The Morgan fingerprint density at radius 1 is 0.711 bits per heavy atom. The van der Waals surface area contributed by atoms with Crippen LogP contribution in [0, 0.1) is 0 Å². The fourth-order valence-electron chi connectivity index (χ4n) is 3.67. The van der Waals surface area contributed by atoms with Crippen LogP contribution >= 0.6 is 0 Å². The van der Waals surface area contributed by atoms with E-state index >= 15 is 0 Å². The number of hydrogen-bond acceptors (Lipinski definition) is 10. The minimum atomic E-state index is -3.80. The molecule has 0 spiro atoms. The molecule has 0 radical (unpaired) electrons. The molecule has 5 rings (SSSR count). The number of sulfonamides is 1. The van der Waals surface area contributed by atoms with Gasteiger partial charge in [-0.1, -0.05) is 0 Å². The van der Waals surface area contributed by atoms with Gasteiger partial charge in [-0.2, -0.15) is 0 Å². The molecule has 0 aliphatic heterocycles. The molecule has 3 N–H and O–H groups in total. The van der Waals surface area contributed by atoms with E-state index in [4.69, 9.17) is 9.47 Å². The lowest BCUT2D eigenvalue weighted by Crippen LogP contribution is -2.14. The van der Waals surface area contributed by atoms with Crippen molar-refractivity contribution < 1.29 is 17.9 Å². The number of anilines is 5. The number of ether oxygens (including phenoxy) is 2. The van der Waals surface area contributed by atoms with Crippen LogP contribution in [-0.4, -0.2) is 42.6 Å². The first-order valence-electron chi connectivity index (χ1n) is 11.4. The molecule has 38 heavy (non-hydrogen) atoms. The van der Waals surface area contributed by atoms with Crippen LogP contribution in [0.1, 0.15) is 0 Å². The largest absolute Gasteiger partial charge is 0.493 e. The average Bonchev–Trinajstić information content (AvgIpc) is 2.94. The topological polar surface area (TPSA) is 140 Å². The van der Waals surface area contributed by atoms with E-state index in [1.54, 1.807) is 38.5 Å². The number of nitrogens with one attached hydrogen (secondary N) is 3. The maximum atomic E-state index is 12.6. The van der Waals surface area contributed by atoms with Gasteiger partial charge < -0.3 is 20.1 Å². The van der Waals surface area contributed by atoms with Crippen molar-refractivity contribution in [2.24, 2.45) is 0 Å². The first kappa shape index (κ1) is 24.7. The van der Waals surface area contributed by atoms with Crippen molar-refractivity contribution in [3.8, 4) is 11.5 Å². The van der Waals surface area contributed by atoms with Crippen LogP contribution in [-0.2, 0) is 10.0 Å². The Morgan fingerprint density at radius 2 is 1.29 bits per heavy atom. The van der Waals surface area contributed by atoms with Crippen molar-refractivity contribution in [2.75, 3.05) is 29.6 Å². The average molecular weight is 530 g/mol. The summed E-state index contributed by atoms with van der Waals surface area (Å²) < 4.78 is 38.3. The number of methoxy groups -OCH3 is 2. The first-order valence-corrected chi connectivity index (χ1v) is 12.8. The molecule has 2 heterocycles. The number of hydrogen-bond donors (Lipinski definition) is 3. The number of benzene rings is 3. The van der Waals surface area contributed by atoms with Gasteiger partial charge in [0.1, 0.15) is 12.1 Å². The minimum Gasteiger partial charge on any atom is -0.493 e. The molecule has 3 aromatic carbocycles. The van der Waals surface area contributed by atoms with Gasteiger partial charge in [-0.3, -0.25) is 0 Å². The lowest BCUT2D eigenvalue weighted by molar-refractivity contribution is 0.356. The lowest BCUT2D eigenvalue weighted by atomic mass is 10.2. The summed E-state index contributed by atoms with van der Waals surface area (Å²) in [6.45, 7) is 0. The third kappa shape index (κ3) is 5.39. The number of fused-ring (bicyclic) bond motifs is 1. The fourth-order valence-corrected chi connectivity index (χ4v) is 4.63. The molecule has 0 unspecified atom stereocenters. The molecule has 0 atom stereocenters. The van der Waals surface area contributed by atoms with Gasteiger partial charge in [0.15, 0.2) is 11.5 Å². The molecular weight excluding hydrogens is 506 g/mol. The minimum absolute atomic E-state index is 0.0113. The molecule has 0 amide bonds. The summed E-state index contributed by atoms with van der Waals surface area (Å²) in [5.74, 6) is 1.81. The van der Waals surface area contributed by atoms with Crippen LogP contribution in [0.5, 0.6) is 11.5 Å². The molecule has 0 fully saturated rings. The number of aromatic nitrogens is 4. The Labute approximate surface area is 219 Å². The summed E-state index contributed by atoms with van der Waals surface area (Å²) in [4.78, 5) is 16.6. The van der Waals surface area contributed by atoms with Gasteiger partial charge in [-0.15, -0.1) is 0 Å². The van der Waals surface area contributed by atoms with E-state index in [2.05, 4.69) is 35.3 Å². The van der Waals surface area contributed by atoms with E-state index in [0.717, 1.165) is 28.0 Å². The van der Waals surface area contributed by atoms with Crippen molar-refractivity contribution in [3.05, 3.63) is 85.5 Å². The van der Waals surface area contributed by atoms with Gasteiger partial charge >= 0.3 is 0 Å². The Bertz CT molecular complexity index is 1660. The second-order valence-electron chi connectivity index (χ2n) is 7.98. The van der Waals surface area contributed by atoms with Crippen molar-refractivity contribution in [1.29, 1.82) is 0 Å². The molecule has 0 bridgehead atoms. The monoisotopic (exact) mass is 529 g/mol. The summed E-state index contributed by atoms with van der Waals surface area (Å²) in [6.07, 6.45) is 4.41. The molecule has 0 aliphatic carbocycles. The van der Waals surface area contributed by atoms with Crippen molar-refractivity contribution >= 4 is 49.8 Å². The van der Waals surface area contributed by atoms with E-state index in [-0.39, 0.29) is 10.8 Å². The highest BCUT2D eigenvalue weighted by Crippen LogP contribution is 2.34. The van der Waals surface area contributed by atoms with Crippen LogP contribution in [0.25, 0.3) is 10.9 Å². The normalized spacial score (nSPS) is 11.1. The highest BCUT2D eigenvalue weighted by Gasteiger charge is 2.15. The first-order chi connectivity index (χ1) is 18.4.